The minimum Gasteiger partial charge on any atom is -0.351 e. The summed E-state index contributed by atoms with van der Waals surface area (Å²) < 4.78 is 0. The summed E-state index contributed by atoms with van der Waals surface area (Å²) in [6, 6.07) is 0.452. The van der Waals surface area contributed by atoms with Crippen LogP contribution in [0.3, 0.4) is 0 Å². The van der Waals surface area contributed by atoms with Crippen molar-refractivity contribution in [2.45, 2.75) is 19.9 Å². The van der Waals surface area contributed by atoms with Crippen LogP contribution in [0.1, 0.15) is 12.5 Å². The third-order valence-corrected chi connectivity index (χ3v) is 3.30. The van der Waals surface area contributed by atoms with E-state index >= 15 is 0 Å². The van der Waals surface area contributed by atoms with Crippen molar-refractivity contribution < 1.29 is 0 Å². The van der Waals surface area contributed by atoms with Crippen LogP contribution < -0.4 is 16.2 Å². The second-order valence-corrected chi connectivity index (χ2v) is 4.62. The maximum atomic E-state index is 5.44. The fraction of sp³-hybridized carbons (Fsp3) is 0.636. The third kappa shape index (κ3) is 2.32. The number of anilines is 2. The van der Waals surface area contributed by atoms with Crippen LogP contribution in [0.5, 0.6) is 0 Å². The smallest absolute Gasteiger partial charge is 0.148 e. The minimum absolute atomic E-state index is 0.452. The van der Waals surface area contributed by atoms with E-state index in [2.05, 4.69) is 39.2 Å². The normalized spacial score (nSPS) is 21.6. The number of hydrogen-bond donors (Lipinski definition) is 2. The number of aromatic nitrogens is 2. The fourth-order valence-electron chi connectivity index (χ4n) is 2.33. The first-order valence-corrected chi connectivity index (χ1v) is 5.87. The van der Waals surface area contributed by atoms with Crippen LogP contribution >= 0.6 is 0 Å². The number of nitrogens with zero attached hydrogens (tertiary/aromatic N) is 4. The number of likely N-dealkylation sites (N-methyl/N-ethyl adjacent to an activating group) is 1. The Labute approximate surface area is 102 Å². The average Bonchev–Trinajstić information content (AvgIpc) is 2.30. The Kier molecular flexibility index (Phi) is 3.44. The van der Waals surface area contributed by atoms with Crippen molar-refractivity contribution in [1.82, 2.24) is 14.9 Å². The zero-order valence-corrected chi connectivity index (χ0v) is 10.6. The highest BCUT2D eigenvalue weighted by Gasteiger charge is 2.24. The van der Waals surface area contributed by atoms with Crippen LogP contribution in [0, 0.1) is 6.92 Å². The van der Waals surface area contributed by atoms with E-state index in [1.54, 1.807) is 6.33 Å². The zero-order chi connectivity index (χ0) is 12.4. The molecule has 17 heavy (non-hydrogen) atoms. The highest BCUT2D eigenvalue weighted by molar-refractivity contribution is 5.58. The van der Waals surface area contributed by atoms with Crippen molar-refractivity contribution in [3.63, 3.8) is 0 Å². The molecule has 1 saturated heterocycles. The van der Waals surface area contributed by atoms with E-state index in [0.717, 1.165) is 31.0 Å². The molecule has 6 nitrogen and oxygen atoms in total. The molecule has 0 amide bonds. The molecule has 0 bridgehead atoms. The molecular weight excluding hydrogens is 216 g/mol. The second-order valence-electron chi connectivity index (χ2n) is 4.62. The molecule has 0 radical (unpaired) electrons. The second kappa shape index (κ2) is 4.85. The van der Waals surface area contributed by atoms with Gasteiger partial charge in [-0.3, -0.25) is 0 Å². The van der Waals surface area contributed by atoms with E-state index in [9.17, 15) is 0 Å². The Bertz CT molecular complexity index is 394. The Hall–Kier alpha value is -1.40. The van der Waals surface area contributed by atoms with Gasteiger partial charge in [-0.1, -0.05) is 0 Å². The van der Waals surface area contributed by atoms with E-state index in [0.29, 0.717) is 11.9 Å². The monoisotopic (exact) mass is 236 g/mol. The summed E-state index contributed by atoms with van der Waals surface area (Å²) in [5, 5.41) is 0. The first-order chi connectivity index (χ1) is 8.13. The largest absolute Gasteiger partial charge is 0.351 e. The molecule has 2 heterocycles. The molecule has 0 saturated carbocycles. The Morgan fingerprint density at radius 3 is 2.82 bits per heavy atom. The van der Waals surface area contributed by atoms with Gasteiger partial charge >= 0.3 is 0 Å². The molecule has 1 atom stereocenters. The maximum absolute atomic E-state index is 5.44. The fourth-order valence-corrected chi connectivity index (χ4v) is 2.33. The predicted molar refractivity (Wildman–Crippen MR) is 68.9 cm³/mol. The zero-order valence-electron chi connectivity index (χ0n) is 10.6. The number of piperazine rings is 1. The van der Waals surface area contributed by atoms with Crippen LogP contribution in [0.25, 0.3) is 0 Å². The highest BCUT2D eigenvalue weighted by atomic mass is 15.3. The topological polar surface area (TPSA) is 70.3 Å². The van der Waals surface area contributed by atoms with Gasteiger partial charge in [-0.05, 0) is 20.9 Å². The lowest BCUT2D eigenvalue weighted by molar-refractivity contribution is 0.274. The van der Waals surface area contributed by atoms with Crippen LogP contribution in [0.2, 0.25) is 0 Å². The lowest BCUT2D eigenvalue weighted by atomic mass is 10.1. The van der Waals surface area contributed by atoms with Gasteiger partial charge in [0.2, 0.25) is 0 Å². The SMILES string of the molecule is Cc1c(NN)ncnc1N1CCN(C)CC1C. The van der Waals surface area contributed by atoms with Crippen molar-refractivity contribution >= 4 is 11.6 Å². The van der Waals surface area contributed by atoms with E-state index in [4.69, 9.17) is 5.84 Å². The summed E-state index contributed by atoms with van der Waals surface area (Å²) in [4.78, 5) is 13.1. The van der Waals surface area contributed by atoms with Gasteiger partial charge in [0.15, 0.2) is 0 Å². The lowest BCUT2D eigenvalue weighted by Crippen LogP contribution is -2.51. The van der Waals surface area contributed by atoms with Crippen molar-refractivity contribution in [3.05, 3.63) is 11.9 Å². The van der Waals surface area contributed by atoms with Gasteiger partial charge in [0, 0.05) is 31.2 Å². The van der Waals surface area contributed by atoms with Crippen LogP contribution in [0.15, 0.2) is 6.33 Å². The number of nitrogen functional groups attached to an aromatic ring is 1. The first-order valence-electron chi connectivity index (χ1n) is 5.87. The summed E-state index contributed by atoms with van der Waals surface area (Å²) in [5.41, 5.74) is 3.62. The summed E-state index contributed by atoms with van der Waals surface area (Å²) in [7, 11) is 2.15. The minimum atomic E-state index is 0.452. The Morgan fingerprint density at radius 2 is 2.18 bits per heavy atom. The number of hydrazine groups is 1. The van der Waals surface area contributed by atoms with E-state index in [-0.39, 0.29) is 0 Å². The van der Waals surface area contributed by atoms with Gasteiger partial charge in [-0.2, -0.15) is 0 Å². The van der Waals surface area contributed by atoms with Crippen LogP contribution in [0.4, 0.5) is 11.6 Å². The molecule has 1 aliphatic heterocycles. The molecule has 1 unspecified atom stereocenters. The van der Waals surface area contributed by atoms with Crippen LogP contribution in [-0.4, -0.2) is 47.6 Å². The van der Waals surface area contributed by atoms with Crippen molar-refractivity contribution in [1.29, 1.82) is 0 Å². The molecule has 1 aromatic rings. The van der Waals surface area contributed by atoms with Crippen LogP contribution in [-0.2, 0) is 0 Å². The predicted octanol–water partition coefficient (Wildman–Crippen LogP) is 0.211. The molecule has 1 fully saturated rings. The van der Waals surface area contributed by atoms with Gasteiger partial charge in [0.1, 0.15) is 18.0 Å². The van der Waals surface area contributed by atoms with Gasteiger partial charge < -0.3 is 15.2 Å². The van der Waals surface area contributed by atoms with E-state index < -0.39 is 0 Å². The van der Waals surface area contributed by atoms with Gasteiger partial charge in [0.25, 0.3) is 0 Å². The van der Waals surface area contributed by atoms with Gasteiger partial charge in [0.05, 0.1) is 0 Å². The molecule has 1 aromatic heterocycles. The lowest BCUT2D eigenvalue weighted by Gasteiger charge is -2.39. The summed E-state index contributed by atoms with van der Waals surface area (Å²) in [6.45, 7) is 7.30. The van der Waals surface area contributed by atoms with Gasteiger partial charge in [-0.25, -0.2) is 15.8 Å². The number of hydrogen-bond acceptors (Lipinski definition) is 6. The summed E-state index contributed by atoms with van der Waals surface area (Å²) >= 11 is 0. The summed E-state index contributed by atoms with van der Waals surface area (Å²) in [5.74, 6) is 7.11. The molecule has 2 rings (SSSR count). The highest BCUT2D eigenvalue weighted by Crippen LogP contribution is 2.24. The Morgan fingerprint density at radius 1 is 1.41 bits per heavy atom. The molecule has 0 spiro atoms. The average molecular weight is 236 g/mol. The molecule has 94 valence electrons. The number of nitrogens with two attached hydrogens (primary N) is 1. The molecular formula is C11H20N6. The van der Waals surface area contributed by atoms with E-state index in [1.807, 2.05) is 6.92 Å². The molecule has 6 heteroatoms. The van der Waals surface area contributed by atoms with Gasteiger partial charge in [-0.15, -0.1) is 0 Å². The summed E-state index contributed by atoms with van der Waals surface area (Å²) in [6.07, 6.45) is 1.56. The number of nitrogens with one attached hydrogen (secondary N) is 1. The van der Waals surface area contributed by atoms with Crippen molar-refractivity contribution in [2.75, 3.05) is 37.0 Å². The van der Waals surface area contributed by atoms with Crippen molar-refractivity contribution in [2.24, 2.45) is 5.84 Å². The quantitative estimate of drug-likeness (QED) is 0.565. The molecule has 0 aromatic carbocycles. The molecule has 3 N–H and O–H groups in total. The molecule has 1 aliphatic rings. The van der Waals surface area contributed by atoms with Crippen molar-refractivity contribution in [3.8, 4) is 0 Å². The molecule has 0 aliphatic carbocycles. The number of rotatable bonds is 2. The first kappa shape index (κ1) is 12.1. The van der Waals surface area contributed by atoms with E-state index in [1.165, 1.54) is 0 Å². The maximum Gasteiger partial charge on any atom is 0.148 e. The third-order valence-electron chi connectivity index (χ3n) is 3.30. The Balaban J connectivity index is 2.28. The standard InChI is InChI=1S/C11H20N6/c1-8-6-16(3)4-5-17(8)11-9(2)10(15-12)13-7-14-11/h7-8H,4-6,12H2,1-3H3,(H,13,14,15).